The molecule has 0 unspecified atom stereocenters. The van der Waals surface area contributed by atoms with Gasteiger partial charge in [0, 0.05) is 18.7 Å². The second-order valence-electron chi connectivity index (χ2n) is 5.77. The van der Waals surface area contributed by atoms with Gasteiger partial charge in [-0.15, -0.1) is 0 Å². The van der Waals surface area contributed by atoms with Gasteiger partial charge in [-0.2, -0.15) is 0 Å². The van der Waals surface area contributed by atoms with E-state index in [4.69, 9.17) is 4.74 Å². The molecule has 0 bridgehead atoms. The molecule has 2 aromatic rings. The highest BCUT2D eigenvalue weighted by Crippen LogP contribution is 2.24. The smallest absolute Gasteiger partial charge is 0.319 e. The number of amides is 3. The number of para-hydroxylation sites is 3. The van der Waals surface area contributed by atoms with E-state index in [0.717, 1.165) is 5.69 Å². The Balaban J connectivity index is 1.60. The number of benzene rings is 2. The summed E-state index contributed by atoms with van der Waals surface area (Å²) in [6.07, 6.45) is 0.287. The number of carbonyl (C=O) groups excluding carboxylic acids is 2. The van der Waals surface area contributed by atoms with Crippen molar-refractivity contribution in [2.75, 3.05) is 23.4 Å². The first-order valence-corrected chi connectivity index (χ1v) is 8.32. The predicted molar refractivity (Wildman–Crippen MR) is 97.0 cm³/mol. The van der Waals surface area contributed by atoms with Crippen molar-refractivity contribution in [2.45, 2.75) is 19.4 Å². The van der Waals surface area contributed by atoms with Gasteiger partial charge in [0.2, 0.25) is 5.91 Å². The van der Waals surface area contributed by atoms with Gasteiger partial charge >= 0.3 is 6.03 Å². The van der Waals surface area contributed by atoms with Gasteiger partial charge in [-0.05, 0) is 31.2 Å². The van der Waals surface area contributed by atoms with Crippen molar-refractivity contribution >= 4 is 23.3 Å². The Bertz CT molecular complexity index is 749. The molecule has 1 saturated heterocycles. The first-order valence-electron chi connectivity index (χ1n) is 8.32. The molecule has 0 saturated carbocycles. The topological polar surface area (TPSA) is 70.7 Å². The zero-order valence-corrected chi connectivity index (χ0v) is 14.1. The number of urea groups is 1. The fourth-order valence-electron chi connectivity index (χ4n) is 2.86. The van der Waals surface area contributed by atoms with E-state index in [0.29, 0.717) is 24.6 Å². The summed E-state index contributed by atoms with van der Waals surface area (Å²) in [4.78, 5) is 26.2. The number of nitrogens with one attached hydrogen (secondary N) is 2. The van der Waals surface area contributed by atoms with Crippen molar-refractivity contribution in [2.24, 2.45) is 0 Å². The van der Waals surface area contributed by atoms with Crippen LogP contribution in [-0.2, 0) is 4.79 Å². The summed E-state index contributed by atoms with van der Waals surface area (Å²) in [5, 5.41) is 5.65. The Morgan fingerprint density at radius 2 is 1.88 bits per heavy atom. The molecule has 0 radical (unpaired) electrons. The highest BCUT2D eigenvalue weighted by molar-refractivity contribution is 5.97. The van der Waals surface area contributed by atoms with Crippen LogP contribution in [0.3, 0.4) is 0 Å². The number of anilines is 2. The van der Waals surface area contributed by atoms with E-state index in [-0.39, 0.29) is 24.4 Å². The third-order valence-electron chi connectivity index (χ3n) is 3.96. The SMILES string of the molecule is CCOc1ccccc1NC(=O)N[C@H]1CC(=O)N(c2ccccc2)C1. The molecule has 1 aliphatic heterocycles. The monoisotopic (exact) mass is 339 g/mol. The minimum Gasteiger partial charge on any atom is -0.492 e. The van der Waals surface area contributed by atoms with Crippen LogP contribution in [0.1, 0.15) is 13.3 Å². The summed E-state index contributed by atoms with van der Waals surface area (Å²) in [7, 11) is 0. The number of hydrogen-bond acceptors (Lipinski definition) is 3. The Labute approximate surface area is 146 Å². The number of ether oxygens (including phenoxy) is 1. The molecule has 3 amide bonds. The van der Waals surface area contributed by atoms with Crippen LogP contribution < -0.4 is 20.3 Å². The number of nitrogens with zero attached hydrogens (tertiary/aromatic N) is 1. The van der Waals surface area contributed by atoms with Crippen molar-refractivity contribution in [3.05, 3.63) is 54.6 Å². The number of hydrogen-bond donors (Lipinski definition) is 2. The molecule has 0 aliphatic carbocycles. The molecule has 2 N–H and O–H groups in total. The first-order chi connectivity index (χ1) is 12.2. The van der Waals surface area contributed by atoms with Crippen LogP contribution in [-0.4, -0.2) is 31.1 Å². The molecule has 1 heterocycles. The standard InChI is InChI=1S/C19H21N3O3/c1-2-25-17-11-7-6-10-16(17)21-19(24)20-14-12-18(23)22(13-14)15-8-4-3-5-9-15/h3-11,14H,2,12-13H2,1H3,(H2,20,21,24)/t14-/m0/s1. The van der Waals surface area contributed by atoms with Crippen LogP contribution in [0, 0.1) is 0 Å². The minimum atomic E-state index is -0.347. The Hall–Kier alpha value is -3.02. The van der Waals surface area contributed by atoms with Gasteiger partial charge < -0.3 is 20.3 Å². The summed E-state index contributed by atoms with van der Waals surface area (Å²) >= 11 is 0. The Morgan fingerprint density at radius 3 is 2.64 bits per heavy atom. The zero-order chi connectivity index (χ0) is 17.6. The molecule has 6 nitrogen and oxygen atoms in total. The quantitative estimate of drug-likeness (QED) is 0.880. The second-order valence-corrected chi connectivity index (χ2v) is 5.77. The maximum atomic E-state index is 12.3. The van der Waals surface area contributed by atoms with Crippen molar-refractivity contribution in [1.82, 2.24) is 5.32 Å². The first kappa shape index (κ1) is 16.8. The third-order valence-corrected chi connectivity index (χ3v) is 3.96. The van der Waals surface area contributed by atoms with Crippen LogP contribution in [0.4, 0.5) is 16.2 Å². The van der Waals surface area contributed by atoms with Gasteiger partial charge in [0.1, 0.15) is 5.75 Å². The van der Waals surface area contributed by atoms with Gasteiger partial charge in [-0.3, -0.25) is 4.79 Å². The van der Waals surface area contributed by atoms with Crippen molar-refractivity contribution in [1.29, 1.82) is 0 Å². The molecule has 2 aromatic carbocycles. The molecule has 0 aromatic heterocycles. The third kappa shape index (κ3) is 4.09. The van der Waals surface area contributed by atoms with Crippen molar-refractivity contribution in [3.8, 4) is 5.75 Å². The van der Waals surface area contributed by atoms with Gasteiger partial charge in [0.15, 0.2) is 0 Å². The molecule has 6 heteroatoms. The van der Waals surface area contributed by atoms with E-state index in [1.807, 2.05) is 49.4 Å². The normalized spacial score (nSPS) is 16.6. The molecule has 25 heavy (non-hydrogen) atoms. The van der Waals surface area contributed by atoms with E-state index < -0.39 is 0 Å². The summed E-state index contributed by atoms with van der Waals surface area (Å²) in [5.74, 6) is 0.625. The van der Waals surface area contributed by atoms with Gasteiger partial charge in [0.25, 0.3) is 0 Å². The Kier molecular flexibility index (Phi) is 5.18. The summed E-state index contributed by atoms with van der Waals surface area (Å²) in [5.41, 5.74) is 1.45. The minimum absolute atomic E-state index is 0.00576. The lowest BCUT2D eigenvalue weighted by Crippen LogP contribution is -2.39. The number of rotatable bonds is 5. The van der Waals surface area contributed by atoms with E-state index in [1.54, 1.807) is 17.0 Å². The largest absolute Gasteiger partial charge is 0.492 e. The molecule has 1 atom stereocenters. The van der Waals surface area contributed by atoms with Crippen LogP contribution in [0.5, 0.6) is 5.75 Å². The maximum absolute atomic E-state index is 12.3. The lowest BCUT2D eigenvalue weighted by atomic mass is 10.2. The van der Waals surface area contributed by atoms with E-state index in [9.17, 15) is 9.59 Å². The average Bonchev–Trinajstić information content (AvgIpc) is 2.98. The Morgan fingerprint density at radius 1 is 1.16 bits per heavy atom. The molecule has 130 valence electrons. The summed E-state index contributed by atoms with van der Waals surface area (Å²) in [6, 6.07) is 16.1. The predicted octanol–water partition coefficient (Wildman–Crippen LogP) is 3.01. The fraction of sp³-hybridized carbons (Fsp3) is 0.263. The molecular formula is C19H21N3O3. The van der Waals surface area contributed by atoms with Crippen molar-refractivity contribution < 1.29 is 14.3 Å². The van der Waals surface area contributed by atoms with Gasteiger partial charge in [-0.25, -0.2) is 4.79 Å². The average molecular weight is 339 g/mol. The molecule has 1 fully saturated rings. The fourth-order valence-corrected chi connectivity index (χ4v) is 2.86. The second kappa shape index (κ2) is 7.70. The van der Waals surface area contributed by atoms with Crippen LogP contribution in [0.2, 0.25) is 0 Å². The summed E-state index contributed by atoms with van der Waals surface area (Å²) in [6.45, 7) is 2.87. The van der Waals surface area contributed by atoms with Crippen molar-refractivity contribution in [3.63, 3.8) is 0 Å². The zero-order valence-electron chi connectivity index (χ0n) is 14.1. The van der Waals surface area contributed by atoms with E-state index in [2.05, 4.69) is 10.6 Å². The van der Waals surface area contributed by atoms with Crippen LogP contribution >= 0.6 is 0 Å². The van der Waals surface area contributed by atoms with Gasteiger partial charge in [0.05, 0.1) is 18.3 Å². The molecule has 3 rings (SSSR count). The lowest BCUT2D eigenvalue weighted by molar-refractivity contribution is -0.117. The summed E-state index contributed by atoms with van der Waals surface area (Å²) < 4.78 is 5.49. The molecular weight excluding hydrogens is 318 g/mol. The maximum Gasteiger partial charge on any atom is 0.319 e. The lowest BCUT2D eigenvalue weighted by Gasteiger charge is -2.17. The van der Waals surface area contributed by atoms with Crippen LogP contribution in [0.15, 0.2) is 54.6 Å². The molecule has 0 spiro atoms. The van der Waals surface area contributed by atoms with Crippen LogP contribution in [0.25, 0.3) is 0 Å². The number of carbonyl (C=O) groups is 2. The molecule has 1 aliphatic rings. The van der Waals surface area contributed by atoms with E-state index in [1.165, 1.54) is 0 Å². The highest BCUT2D eigenvalue weighted by Gasteiger charge is 2.31. The van der Waals surface area contributed by atoms with E-state index >= 15 is 0 Å². The van der Waals surface area contributed by atoms with Gasteiger partial charge in [-0.1, -0.05) is 30.3 Å². The highest BCUT2D eigenvalue weighted by atomic mass is 16.5.